The van der Waals surface area contributed by atoms with Gasteiger partial charge in [0.05, 0.1) is 12.0 Å². The lowest BCUT2D eigenvalue weighted by Crippen LogP contribution is -2.26. The molecule has 0 saturated heterocycles. The van der Waals surface area contributed by atoms with Gasteiger partial charge >= 0.3 is 0 Å². The van der Waals surface area contributed by atoms with Crippen LogP contribution in [0.5, 0.6) is 0 Å². The molecule has 0 aliphatic carbocycles. The van der Waals surface area contributed by atoms with Gasteiger partial charge in [-0.05, 0) is 42.8 Å². The van der Waals surface area contributed by atoms with E-state index < -0.39 is 21.7 Å². The maximum Gasteiger partial charge on any atom is 0.264 e. The van der Waals surface area contributed by atoms with Gasteiger partial charge in [0.15, 0.2) is 0 Å². The third-order valence-corrected chi connectivity index (χ3v) is 5.11. The quantitative estimate of drug-likeness (QED) is 0.839. The number of nitrogens with one attached hydrogen (secondary N) is 1. The molecule has 8 heteroatoms. The van der Waals surface area contributed by atoms with Crippen molar-refractivity contribution in [1.29, 1.82) is 0 Å². The summed E-state index contributed by atoms with van der Waals surface area (Å²) in [4.78, 5) is 16.9. The zero-order chi connectivity index (χ0) is 17.9. The molecule has 0 fully saturated rings. The predicted octanol–water partition coefficient (Wildman–Crippen LogP) is 2.57. The summed E-state index contributed by atoms with van der Waals surface area (Å²) in [6, 6.07) is 9.54. The Bertz CT molecular complexity index is 868. The summed E-state index contributed by atoms with van der Waals surface area (Å²) in [5.41, 5.74) is 1.14. The molecule has 1 N–H and O–H groups in total. The van der Waals surface area contributed by atoms with E-state index in [9.17, 15) is 17.6 Å². The number of hydroxylamine groups is 1. The third kappa shape index (κ3) is 3.78. The minimum absolute atomic E-state index is 0.0875. The van der Waals surface area contributed by atoms with E-state index in [1.807, 2.05) is 0 Å². The second-order valence-corrected chi connectivity index (χ2v) is 6.97. The van der Waals surface area contributed by atoms with E-state index in [4.69, 9.17) is 4.84 Å². The van der Waals surface area contributed by atoms with Crippen LogP contribution in [0.15, 0.2) is 47.4 Å². The van der Waals surface area contributed by atoms with Crippen LogP contribution in [0.25, 0.3) is 0 Å². The number of sulfonamides is 1. The topological polar surface area (TPSA) is 75.7 Å². The van der Waals surface area contributed by atoms with Crippen LogP contribution in [0.1, 0.15) is 15.9 Å². The molecule has 2 aromatic rings. The molecule has 0 aromatic heterocycles. The monoisotopic (exact) mass is 352 g/mol. The third-order valence-electron chi connectivity index (χ3n) is 3.44. The van der Waals surface area contributed by atoms with Gasteiger partial charge in [0.1, 0.15) is 5.82 Å². The van der Waals surface area contributed by atoms with E-state index in [0.29, 0.717) is 15.7 Å². The molecule has 0 aliphatic rings. The van der Waals surface area contributed by atoms with Gasteiger partial charge in [0, 0.05) is 18.3 Å². The number of rotatable bonds is 5. The van der Waals surface area contributed by atoms with Crippen LogP contribution in [-0.2, 0) is 14.9 Å². The molecular weight excluding hydrogens is 335 g/mol. The Labute approximate surface area is 139 Å². The van der Waals surface area contributed by atoms with Crippen molar-refractivity contribution in [2.24, 2.45) is 0 Å². The van der Waals surface area contributed by atoms with Gasteiger partial charge < -0.3 is 5.32 Å². The number of nitrogens with zero attached hydrogens (tertiary/aromatic N) is 1. The lowest BCUT2D eigenvalue weighted by Gasteiger charge is -2.15. The van der Waals surface area contributed by atoms with Crippen LogP contribution in [-0.4, -0.2) is 33.0 Å². The van der Waals surface area contributed by atoms with Gasteiger partial charge in [-0.25, -0.2) is 12.8 Å². The van der Waals surface area contributed by atoms with E-state index in [0.717, 1.165) is 0 Å². The number of hydrogen-bond acceptors (Lipinski definition) is 4. The highest BCUT2D eigenvalue weighted by molar-refractivity contribution is 7.89. The Kier molecular flexibility index (Phi) is 5.33. The first kappa shape index (κ1) is 18.1. The molecule has 128 valence electrons. The Balaban J connectivity index is 2.31. The smallest absolute Gasteiger partial charge is 0.264 e. The summed E-state index contributed by atoms with van der Waals surface area (Å²) in [5.74, 6) is -1.02. The standard InChI is InChI=1S/C16H17FN2O4S/c1-11-7-8-13(17)10-15(11)18-16(20)12-5-4-6-14(9-12)24(21,22)19(2)23-3/h4-10H,1-3H3,(H,18,20). The summed E-state index contributed by atoms with van der Waals surface area (Å²) >= 11 is 0. The number of hydrogen-bond donors (Lipinski definition) is 1. The van der Waals surface area contributed by atoms with Crippen LogP contribution >= 0.6 is 0 Å². The summed E-state index contributed by atoms with van der Waals surface area (Å²) in [6.45, 7) is 1.73. The first-order valence-electron chi connectivity index (χ1n) is 6.96. The molecule has 0 heterocycles. The van der Waals surface area contributed by atoms with Crippen molar-refractivity contribution >= 4 is 21.6 Å². The van der Waals surface area contributed by atoms with Gasteiger partial charge in [-0.3, -0.25) is 9.63 Å². The van der Waals surface area contributed by atoms with Crippen molar-refractivity contribution in [3.05, 3.63) is 59.4 Å². The molecule has 0 unspecified atom stereocenters. The van der Waals surface area contributed by atoms with Gasteiger partial charge in [0.25, 0.3) is 15.9 Å². The van der Waals surface area contributed by atoms with Gasteiger partial charge in [-0.2, -0.15) is 0 Å². The van der Waals surface area contributed by atoms with Crippen molar-refractivity contribution in [3.8, 4) is 0 Å². The van der Waals surface area contributed by atoms with E-state index in [1.54, 1.807) is 13.0 Å². The van der Waals surface area contributed by atoms with Crippen LogP contribution in [0, 0.1) is 12.7 Å². The summed E-state index contributed by atoms with van der Waals surface area (Å²) in [7, 11) is -1.39. The van der Waals surface area contributed by atoms with E-state index >= 15 is 0 Å². The molecule has 0 atom stereocenters. The Morgan fingerprint density at radius 1 is 1.21 bits per heavy atom. The largest absolute Gasteiger partial charge is 0.322 e. The number of carbonyl (C=O) groups is 1. The number of benzene rings is 2. The van der Waals surface area contributed by atoms with Crippen molar-refractivity contribution < 1.29 is 22.4 Å². The zero-order valence-electron chi connectivity index (χ0n) is 13.4. The fourth-order valence-corrected chi connectivity index (χ4v) is 2.99. The average Bonchev–Trinajstić information content (AvgIpc) is 2.57. The lowest BCUT2D eigenvalue weighted by molar-refractivity contribution is -0.0258. The Morgan fingerprint density at radius 3 is 2.58 bits per heavy atom. The molecule has 2 aromatic carbocycles. The molecule has 0 spiro atoms. The lowest BCUT2D eigenvalue weighted by atomic mass is 10.1. The van der Waals surface area contributed by atoms with E-state index in [-0.39, 0.29) is 10.5 Å². The minimum atomic E-state index is -3.86. The summed E-state index contributed by atoms with van der Waals surface area (Å²) in [5, 5.41) is 2.57. The van der Waals surface area contributed by atoms with Crippen LogP contribution in [0.4, 0.5) is 10.1 Å². The highest BCUT2D eigenvalue weighted by Crippen LogP contribution is 2.19. The maximum atomic E-state index is 13.3. The normalized spacial score (nSPS) is 11.5. The van der Waals surface area contributed by atoms with Crippen molar-refractivity contribution in [3.63, 3.8) is 0 Å². The van der Waals surface area contributed by atoms with Crippen LogP contribution < -0.4 is 5.32 Å². The van der Waals surface area contributed by atoms with Gasteiger partial charge in [-0.15, -0.1) is 0 Å². The molecule has 0 saturated carbocycles. The summed E-state index contributed by atoms with van der Waals surface area (Å²) in [6.07, 6.45) is 0. The minimum Gasteiger partial charge on any atom is -0.322 e. The van der Waals surface area contributed by atoms with Crippen LogP contribution in [0.3, 0.4) is 0 Å². The summed E-state index contributed by atoms with van der Waals surface area (Å²) < 4.78 is 38.4. The van der Waals surface area contributed by atoms with Crippen molar-refractivity contribution in [2.45, 2.75) is 11.8 Å². The molecule has 0 aliphatic heterocycles. The Hall–Kier alpha value is -2.29. The number of amides is 1. The average molecular weight is 352 g/mol. The predicted molar refractivity (Wildman–Crippen MR) is 87.5 cm³/mol. The highest BCUT2D eigenvalue weighted by Gasteiger charge is 2.22. The van der Waals surface area contributed by atoms with Gasteiger partial charge in [-0.1, -0.05) is 16.6 Å². The zero-order valence-corrected chi connectivity index (χ0v) is 14.2. The fraction of sp³-hybridized carbons (Fsp3) is 0.188. The highest BCUT2D eigenvalue weighted by atomic mass is 32.2. The van der Waals surface area contributed by atoms with Crippen molar-refractivity contribution in [2.75, 3.05) is 19.5 Å². The van der Waals surface area contributed by atoms with Crippen LogP contribution in [0.2, 0.25) is 0 Å². The number of anilines is 1. The fourth-order valence-electron chi connectivity index (χ4n) is 1.97. The first-order valence-corrected chi connectivity index (χ1v) is 8.40. The molecule has 1 amide bonds. The Morgan fingerprint density at radius 2 is 1.92 bits per heavy atom. The number of halogens is 1. The first-order chi connectivity index (χ1) is 11.3. The van der Waals surface area contributed by atoms with Gasteiger partial charge in [0.2, 0.25) is 0 Å². The second-order valence-electron chi connectivity index (χ2n) is 5.04. The SMILES string of the molecule is CON(C)S(=O)(=O)c1cccc(C(=O)Nc2cc(F)ccc2C)c1. The molecule has 0 bridgehead atoms. The van der Waals surface area contributed by atoms with Crippen molar-refractivity contribution in [1.82, 2.24) is 4.47 Å². The maximum absolute atomic E-state index is 13.3. The molecular formula is C16H17FN2O4S. The molecule has 0 radical (unpaired) electrons. The molecule has 24 heavy (non-hydrogen) atoms. The second kappa shape index (κ2) is 7.08. The van der Waals surface area contributed by atoms with E-state index in [1.165, 1.54) is 50.6 Å². The number of carbonyl (C=O) groups excluding carboxylic acids is 1. The molecule has 6 nitrogen and oxygen atoms in total. The van der Waals surface area contributed by atoms with E-state index in [2.05, 4.69) is 5.32 Å². The number of aryl methyl sites for hydroxylation is 1. The molecule has 2 rings (SSSR count).